The Bertz CT molecular complexity index is 497. The fraction of sp³-hybridized carbons (Fsp3) is 0.588. The van der Waals surface area contributed by atoms with Crippen LogP contribution in [0.15, 0.2) is 24.3 Å². The van der Waals surface area contributed by atoms with Crippen molar-refractivity contribution in [2.24, 2.45) is 5.92 Å². The van der Waals surface area contributed by atoms with Crippen molar-refractivity contribution >= 4 is 17.4 Å². The van der Waals surface area contributed by atoms with Crippen molar-refractivity contribution in [1.29, 1.82) is 0 Å². The number of carbonyl (C=O) groups is 1. The Morgan fingerprint density at radius 3 is 2.50 bits per heavy atom. The van der Waals surface area contributed by atoms with Gasteiger partial charge in [-0.2, -0.15) is 0 Å². The number of nitrogens with one attached hydrogen (secondary N) is 1. The molecule has 5 nitrogen and oxygen atoms in total. The molecular weight excluding hydrogens is 278 g/mol. The van der Waals surface area contributed by atoms with Gasteiger partial charge < -0.3 is 20.2 Å². The van der Waals surface area contributed by atoms with Crippen LogP contribution in [-0.2, 0) is 0 Å². The molecule has 0 aliphatic carbocycles. The first-order valence-corrected chi connectivity index (χ1v) is 8.28. The Kier molecular flexibility index (Phi) is 4.83. The number of likely N-dealkylation sites (tertiary alicyclic amines) is 1. The summed E-state index contributed by atoms with van der Waals surface area (Å²) in [5.41, 5.74) is 2.07. The van der Waals surface area contributed by atoms with E-state index in [1.807, 2.05) is 12.1 Å². The Hall–Kier alpha value is -1.75. The van der Waals surface area contributed by atoms with E-state index in [0.29, 0.717) is 6.54 Å². The van der Waals surface area contributed by atoms with Gasteiger partial charge in [-0.05, 0) is 49.9 Å². The number of nitrogens with zero attached hydrogens (tertiary/aromatic N) is 2. The quantitative estimate of drug-likeness (QED) is 0.902. The third-order valence-corrected chi connectivity index (χ3v) is 4.67. The number of benzene rings is 1. The monoisotopic (exact) mass is 303 g/mol. The first kappa shape index (κ1) is 15.2. The SMILES string of the molecule is O=C(Nc1ccc(N2CCCCC2)cc1)N1CCC(CO)C1. The molecule has 5 heteroatoms. The van der Waals surface area contributed by atoms with E-state index in [1.54, 1.807) is 4.90 Å². The molecule has 3 rings (SSSR count). The van der Waals surface area contributed by atoms with Gasteiger partial charge in [-0.3, -0.25) is 0 Å². The number of hydrogen-bond acceptors (Lipinski definition) is 3. The van der Waals surface area contributed by atoms with Crippen molar-refractivity contribution in [2.45, 2.75) is 25.7 Å². The van der Waals surface area contributed by atoms with E-state index in [2.05, 4.69) is 22.3 Å². The van der Waals surface area contributed by atoms with Crippen molar-refractivity contribution in [1.82, 2.24) is 4.90 Å². The predicted molar refractivity (Wildman–Crippen MR) is 88.3 cm³/mol. The van der Waals surface area contributed by atoms with E-state index in [-0.39, 0.29) is 18.6 Å². The molecule has 22 heavy (non-hydrogen) atoms. The summed E-state index contributed by atoms with van der Waals surface area (Å²) in [6.45, 7) is 3.79. The Morgan fingerprint density at radius 2 is 1.86 bits per heavy atom. The van der Waals surface area contributed by atoms with Gasteiger partial charge in [0.15, 0.2) is 0 Å². The van der Waals surface area contributed by atoms with E-state index in [1.165, 1.54) is 24.9 Å². The maximum absolute atomic E-state index is 12.2. The van der Waals surface area contributed by atoms with Crippen LogP contribution < -0.4 is 10.2 Å². The minimum absolute atomic E-state index is 0.0679. The fourth-order valence-electron chi connectivity index (χ4n) is 3.28. The summed E-state index contributed by atoms with van der Waals surface area (Å²) in [6, 6.07) is 8.05. The zero-order valence-corrected chi connectivity index (χ0v) is 13.0. The van der Waals surface area contributed by atoms with Crippen LogP contribution in [0.4, 0.5) is 16.2 Å². The van der Waals surface area contributed by atoms with Gasteiger partial charge >= 0.3 is 6.03 Å². The van der Waals surface area contributed by atoms with Gasteiger partial charge in [0.1, 0.15) is 0 Å². The topological polar surface area (TPSA) is 55.8 Å². The largest absolute Gasteiger partial charge is 0.396 e. The number of aliphatic hydroxyl groups excluding tert-OH is 1. The molecule has 2 aliphatic rings. The molecule has 1 aromatic rings. The van der Waals surface area contributed by atoms with Crippen LogP contribution in [0.1, 0.15) is 25.7 Å². The highest BCUT2D eigenvalue weighted by molar-refractivity contribution is 5.89. The van der Waals surface area contributed by atoms with Gasteiger partial charge in [0, 0.05) is 50.1 Å². The van der Waals surface area contributed by atoms with Crippen molar-refractivity contribution in [3.63, 3.8) is 0 Å². The van der Waals surface area contributed by atoms with Crippen LogP contribution in [-0.4, -0.2) is 48.8 Å². The molecule has 0 bridgehead atoms. The van der Waals surface area contributed by atoms with Crippen LogP contribution in [0.5, 0.6) is 0 Å². The second-order valence-corrected chi connectivity index (χ2v) is 6.31. The molecule has 0 spiro atoms. The lowest BCUT2D eigenvalue weighted by Crippen LogP contribution is -2.33. The van der Waals surface area contributed by atoms with Crippen molar-refractivity contribution in [3.8, 4) is 0 Å². The van der Waals surface area contributed by atoms with Gasteiger partial charge in [-0.15, -0.1) is 0 Å². The molecule has 0 saturated carbocycles. The number of aliphatic hydroxyl groups is 1. The first-order chi connectivity index (χ1) is 10.8. The van der Waals surface area contributed by atoms with Crippen molar-refractivity contribution < 1.29 is 9.90 Å². The minimum atomic E-state index is -0.0679. The lowest BCUT2D eigenvalue weighted by molar-refractivity contribution is 0.209. The summed E-state index contributed by atoms with van der Waals surface area (Å²) in [4.78, 5) is 16.4. The molecule has 2 N–H and O–H groups in total. The highest BCUT2D eigenvalue weighted by atomic mass is 16.3. The standard InChI is InChI=1S/C17H25N3O2/c21-13-14-8-11-20(12-14)17(22)18-15-4-6-16(7-5-15)19-9-2-1-3-10-19/h4-7,14,21H,1-3,8-13H2,(H,18,22). The second kappa shape index (κ2) is 7.01. The maximum atomic E-state index is 12.2. The Balaban J connectivity index is 1.55. The molecular formula is C17H25N3O2. The second-order valence-electron chi connectivity index (χ2n) is 6.31. The highest BCUT2D eigenvalue weighted by Gasteiger charge is 2.25. The van der Waals surface area contributed by atoms with Crippen LogP contribution in [0.25, 0.3) is 0 Å². The smallest absolute Gasteiger partial charge is 0.321 e. The van der Waals surface area contributed by atoms with Gasteiger partial charge in [0.05, 0.1) is 0 Å². The molecule has 0 radical (unpaired) electrons. The zero-order chi connectivity index (χ0) is 15.4. The van der Waals surface area contributed by atoms with Gasteiger partial charge in [-0.1, -0.05) is 0 Å². The predicted octanol–water partition coefficient (Wildman–Crippen LogP) is 2.52. The van der Waals surface area contributed by atoms with E-state index in [4.69, 9.17) is 5.11 Å². The molecule has 2 amide bonds. The average Bonchev–Trinajstić information content (AvgIpc) is 3.06. The highest BCUT2D eigenvalue weighted by Crippen LogP contribution is 2.22. The maximum Gasteiger partial charge on any atom is 0.321 e. The number of amides is 2. The number of anilines is 2. The molecule has 2 heterocycles. The lowest BCUT2D eigenvalue weighted by Gasteiger charge is -2.29. The van der Waals surface area contributed by atoms with Gasteiger partial charge in [0.2, 0.25) is 0 Å². The normalized spacial score (nSPS) is 22.0. The molecule has 2 aliphatic heterocycles. The molecule has 1 atom stereocenters. The van der Waals surface area contributed by atoms with Crippen LogP contribution in [0.2, 0.25) is 0 Å². The van der Waals surface area contributed by atoms with Crippen LogP contribution in [0, 0.1) is 5.92 Å². The van der Waals surface area contributed by atoms with Crippen molar-refractivity contribution in [2.75, 3.05) is 43.0 Å². The lowest BCUT2D eigenvalue weighted by atomic mass is 10.1. The minimum Gasteiger partial charge on any atom is -0.396 e. The average molecular weight is 303 g/mol. The summed E-state index contributed by atoms with van der Waals surface area (Å²) in [7, 11) is 0. The summed E-state index contributed by atoms with van der Waals surface area (Å²) in [5, 5.41) is 12.1. The first-order valence-electron chi connectivity index (χ1n) is 8.28. The number of piperidine rings is 1. The molecule has 0 aromatic heterocycles. The number of rotatable bonds is 3. The third-order valence-electron chi connectivity index (χ3n) is 4.67. The van der Waals surface area contributed by atoms with E-state index >= 15 is 0 Å². The zero-order valence-electron chi connectivity index (χ0n) is 13.0. The van der Waals surface area contributed by atoms with E-state index < -0.39 is 0 Å². The van der Waals surface area contributed by atoms with Gasteiger partial charge in [0.25, 0.3) is 0 Å². The van der Waals surface area contributed by atoms with Crippen LogP contribution >= 0.6 is 0 Å². The fourth-order valence-corrected chi connectivity index (χ4v) is 3.28. The third kappa shape index (κ3) is 3.53. The summed E-state index contributed by atoms with van der Waals surface area (Å²) < 4.78 is 0. The van der Waals surface area contributed by atoms with Gasteiger partial charge in [-0.25, -0.2) is 4.79 Å². The molecule has 2 saturated heterocycles. The Labute approximate surface area is 131 Å². The van der Waals surface area contributed by atoms with Crippen LogP contribution in [0.3, 0.4) is 0 Å². The van der Waals surface area contributed by atoms with E-state index in [9.17, 15) is 4.79 Å². The summed E-state index contributed by atoms with van der Waals surface area (Å²) >= 11 is 0. The Morgan fingerprint density at radius 1 is 1.14 bits per heavy atom. The number of hydrogen-bond donors (Lipinski definition) is 2. The number of urea groups is 1. The molecule has 120 valence electrons. The number of carbonyl (C=O) groups excluding carboxylic acids is 1. The molecule has 1 aromatic carbocycles. The molecule has 1 unspecified atom stereocenters. The summed E-state index contributed by atoms with van der Waals surface area (Å²) in [5.74, 6) is 0.229. The van der Waals surface area contributed by atoms with Crippen molar-refractivity contribution in [3.05, 3.63) is 24.3 Å². The molecule has 2 fully saturated rings. The summed E-state index contributed by atoms with van der Waals surface area (Å²) in [6.07, 6.45) is 4.74. The van der Waals surface area contributed by atoms with E-state index in [0.717, 1.165) is 31.7 Å².